The van der Waals surface area contributed by atoms with Crippen molar-refractivity contribution in [3.63, 3.8) is 0 Å². The highest BCUT2D eigenvalue weighted by atomic mass is 16.3. The molecule has 1 rings (SSSR count). The van der Waals surface area contributed by atoms with Gasteiger partial charge in [0, 0.05) is 7.05 Å². The number of nitrogens with two attached hydrogens (primary N) is 1. The van der Waals surface area contributed by atoms with Crippen LogP contribution in [-0.2, 0) is 11.2 Å². The molecule has 0 radical (unpaired) electrons. The summed E-state index contributed by atoms with van der Waals surface area (Å²) in [5.41, 5.74) is 7.06. The summed E-state index contributed by atoms with van der Waals surface area (Å²) in [6, 6.07) is 9.26. The fourth-order valence-corrected chi connectivity index (χ4v) is 1.69. The quantitative estimate of drug-likeness (QED) is 0.784. The summed E-state index contributed by atoms with van der Waals surface area (Å²) >= 11 is 0. The summed E-state index contributed by atoms with van der Waals surface area (Å²) in [6.45, 7) is 1.75. The van der Waals surface area contributed by atoms with Crippen LogP contribution in [0, 0.1) is 0 Å². The van der Waals surface area contributed by atoms with Gasteiger partial charge >= 0.3 is 0 Å². The molecule has 100 valence electrons. The number of carbonyl (C=O) groups excluding carboxylic acids is 1. The third kappa shape index (κ3) is 4.13. The molecule has 1 aromatic rings. The van der Waals surface area contributed by atoms with Gasteiger partial charge in [0.25, 0.3) is 0 Å². The monoisotopic (exact) mass is 250 g/mol. The largest absolute Gasteiger partial charge is 0.394 e. The van der Waals surface area contributed by atoms with E-state index >= 15 is 0 Å². The third-order valence-corrected chi connectivity index (χ3v) is 3.18. The summed E-state index contributed by atoms with van der Waals surface area (Å²) in [5, 5.41) is 9.01. The van der Waals surface area contributed by atoms with Crippen molar-refractivity contribution >= 4 is 5.91 Å². The fraction of sp³-hybridized carbons (Fsp3) is 0.500. The Kier molecular flexibility index (Phi) is 5.82. The molecule has 0 aliphatic heterocycles. The van der Waals surface area contributed by atoms with Gasteiger partial charge in [0.15, 0.2) is 0 Å². The summed E-state index contributed by atoms with van der Waals surface area (Å²) in [5.74, 6) is -0.118. The van der Waals surface area contributed by atoms with Crippen molar-refractivity contribution in [1.29, 1.82) is 0 Å². The number of benzene rings is 1. The van der Waals surface area contributed by atoms with Crippen LogP contribution in [0.15, 0.2) is 30.3 Å². The van der Waals surface area contributed by atoms with Crippen LogP contribution < -0.4 is 5.73 Å². The van der Waals surface area contributed by atoms with Crippen molar-refractivity contribution in [2.75, 3.05) is 13.7 Å². The molecule has 0 fully saturated rings. The molecule has 1 amide bonds. The Morgan fingerprint density at radius 1 is 1.39 bits per heavy atom. The van der Waals surface area contributed by atoms with Crippen LogP contribution in [0.2, 0.25) is 0 Å². The minimum absolute atomic E-state index is 0.0480. The first-order valence-corrected chi connectivity index (χ1v) is 6.23. The summed E-state index contributed by atoms with van der Waals surface area (Å²) in [4.78, 5) is 13.5. The Labute approximate surface area is 108 Å². The molecule has 3 N–H and O–H groups in total. The molecule has 0 aromatic heterocycles. The molecule has 18 heavy (non-hydrogen) atoms. The Morgan fingerprint density at radius 2 is 2.00 bits per heavy atom. The minimum atomic E-state index is -0.510. The van der Waals surface area contributed by atoms with Crippen molar-refractivity contribution in [2.45, 2.75) is 31.8 Å². The van der Waals surface area contributed by atoms with Crippen molar-refractivity contribution in [3.05, 3.63) is 35.9 Å². The summed E-state index contributed by atoms with van der Waals surface area (Å²) < 4.78 is 0. The van der Waals surface area contributed by atoms with Gasteiger partial charge in [-0.25, -0.2) is 0 Å². The zero-order valence-electron chi connectivity index (χ0n) is 11.0. The van der Waals surface area contributed by atoms with Gasteiger partial charge in [-0.05, 0) is 25.3 Å². The van der Waals surface area contributed by atoms with Crippen molar-refractivity contribution in [3.8, 4) is 0 Å². The van der Waals surface area contributed by atoms with Gasteiger partial charge in [-0.2, -0.15) is 0 Å². The molecule has 0 aliphatic rings. The number of aliphatic hydroxyl groups is 1. The molecule has 2 unspecified atom stereocenters. The summed E-state index contributed by atoms with van der Waals surface area (Å²) in [6.07, 6.45) is 1.40. The molecule has 0 bridgehead atoms. The summed E-state index contributed by atoms with van der Waals surface area (Å²) in [7, 11) is 1.67. The topological polar surface area (TPSA) is 66.6 Å². The zero-order valence-corrected chi connectivity index (χ0v) is 11.0. The van der Waals surface area contributed by atoms with E-state index in [1.54, 1.807) is 14.0 Å². The number of hydrogen-bond acceptors (Lipinski definition) is 3. The second kappa shape index (κ2) is 7.13. The first-order chi connectivity index (χ1) is 8.56. The molecule has 0 heterocycles. The smallest absolute Gasteiger partial charge is 0.239 e. The lowest BCUT2D eigenvalue weighted by Gasteiger charge is -2.26. The predicted octanol–water partition coefficient (Wildman–Crippen LogP) is 0.786. The number of hydrogen-bond donors (Lipinski definition) is 2. The minimum Gasteiger partial charge on any atom is -0.394 e. The highest BCUT2D eigenvalue weighted by Gasteiger charge is 2.21. The van der Waals surface area contributed by atoms with Gasteiger partial charge in [0.1, 0.15) is 0 Å². The van der Waals surface area contributed by atoms with Gasteiger partial charge < -0.3 is 15.7 Å². The van der Waals surface area contributed by atoms with Gasteiger partial charge in [-0.15, -0.1) is 0 Å². The number of amides is 1. The lowest BCUT2D eigenvalue weighted by atomic mass is 10.0. The highest BCUT2D eigenvalue weighted by molar-refractivity contribution is 5.81. The SMILES string of the molecule is CC(CO)N(C)C(=O)C(N)CCc1ccccc1. The number of aliphatic hydroxyl groups excluding tert-OH is 1. The lowest BCUT2D eigenvalue weighted by molar-refractivity contribution is -0.133. The van der Waals surface area contributed by atoms with E-state index in [0.29, 0.717) is 6.42 Å². The zero-order chi connectivity index (χ0) is 13.5. The number of likely N-dealkylation sites (N-methyl/N-ethyl adjacent to an activating group) is 1. The number of rotatable bonds is 6. The van der Waals surface area contributed by atoms with E-state index in [-0.39, 0.29) is 18.6 Å². The van der Waals surface area contributed by atoms with Crippen molar-refractivity contribution in [1.82, 2.24) is 4.90 Å². The molecule has 1 aromatic carbocycles. The molecule has 0 saturated heterocycles. The molecule has 4 heteroatoms. The number of aryl methyl sites for hydroxylation is 1. The second-order valence-corrected chi connectivity index (χ2v) is 4.61. The molecule has 0 spiro atoms. The van der Waals surface area contributed by atoms with Crippen LogP contribution in [-0.4, -0.2) is 41.7 Å². The van der Waals surface area contributed by atoms with E-state index in [1.807, 2.05) is 30.3 Å². The standard InChI is InChI=1S/C14H22N2O2/c1-11(10-17)16(2)14(18)13(15)9-8-12-6-4-3-5-7-12/h3-7,11,13,17H,8-10,15H2,1-2H3. The fourth-order valence-electron chi connectivity index (χ4n) is 1.69. The number of nitrogens with zero attached hydrogens (tertiary/aromatic N) is 1. The van der Waals surface area contributed by atoms with E-state index in [4.69, 9.17) is 10.8 Å². The Bertz CT molecular complexity index is 367. The van der Waals surface area contributed by atoms with Crippen LogP contribution in [0.4, 0.5) is 0 Å². The van der Waals surface area contributed by atoms with Crippen LogP contribution in [0.3, 0.4) is 0 Å². The maximum Gasteiger partial charge on any atom is 0.239 e. The van der Waals surface area contributed by atoms with Crippen LogP contribution in [0.1, 0.15) is 18.9 Å². The van der Waals surface area contributed by atoms with Crippen molar-refractivity contribution in [2.24, 2.45) is 5.73 Å². The third-order valence-electron chi connectivity index (χ3n) is 3.18. The average Bonchev–Trinajstić information content (AvgIpc) is 2.43. The van der Waals surface area contributed by atoms with Crippen LogP contribution >= 0.6 is 0 Å². The Morgan fingerprint density at radius 3 is 2.56 bits per heavy atom. The van der Waals surface area contributed by atoms with E-state index < -0.39 is 6.04 Å². The first-order valence-electron chi connectivity index (χ1n) is 6.23. The van der Waals surface area contributed by atoms with E-state index in [2.05, 4.69) is 0 Å². The number of carbonyl (C=O) groups is 1. The highest BCUT2D eigenvalue weighted by Crippen LogP contribution is 2.06. The Balaban J connectivity index is 2.45. The predicted molar refractivity (Wildman–Crippen MR) is 72.1 cm³/mol. The van der Waals surface area contributed by atoms with Gasteiger partial charge in [0.05, 0.1) is 18.7 Å². The molecule has 0 aliphatic carbocycles. The van der Waals surface area contributed by atoms with Crippen LogP contribution in [0.25, 0.3) is 0 Å². The van der Waals surface area contributed by atoms with E-state index in [1.165, 1.54) is 10.5 Å². The average molecular weight is 250 g/mol. The molecule has 4 nitrogen and oxygen atoms in total. The maximum absolute atomic E-state index is 12.0. The van der Waals surface area contributed by atoms with E-state index in [0.717, 1.165) is 6.42 Å². The molecular formula is C14H22N2O2. The maximum atomic E-state index is 12.0. The molecule has 0 saturated carbocycles. The lowest BCUT2D eigenvalue weighted by Crippen LogP contribution is -2.46. The molecule has 2 atom stereocenters. The Hall–Kier alpha value is -1.39. The van der Waals surface area contributed by atoms with Gasteiger partial charge in [-0.1, -0.05) is 30.3 Å². The van der Waals surface area contributed by atoms with Crippen LogP contribution in [0.5, 0.6) is 0 Å². The first kappa shape index (κ1) is 14.7. The normalized spacial score (nSPS) is 14.0. The van der Waals surface area contributed by atoms with Crippen molar-refractivity contribution < 1.29 is 9.90 Å². The van der Waals surface area contributed by atoms with E-state index in [9.17, 15) is 4.79 Å². The molecular weight excluding hydrogens is 228 g/mol. The van der Waals surface area contributed by atoms with Gasteiger partial charge in [-0.3, -0.25) is 4.79 Å². The second-order valence-electron chi connectivity index (χ2n) is 4.61. The van der Waals surface area contributed by atoms with Gasteiger partial charge in [0.2, 0.25) is 5.91 Å².